The predicted molar refractivity (Wildman–Crippen MR) is 194 cm³/mol. The van der Waals surface area contributed by atoms with E-state index in [9.17, 15) is 28.1 Å². The lowest BCUT2D eigenvalue weighted by molar-refractivity contribution is -0.138. The molecular formula is C33H40ClFN9O8P. The normalized spacial score (nSPS) is 16.6. The van der Waals surface area contributed by atoms with Crippen molar-refractivity contribution in [3.63, 3.8) is 0 Å². The van der Waals surface area contributed by atoms with E-state index in [1.54, 1.807) is 13.8 Å². The molecule has 284 valence electrons. The Kier molecular flexibility index (Phi) is 14.4. The molecule has 1 aliphatic carbocycles. The van der Waals surface area contributed by atoms with Gasteiger partial charge in [0.25, 0.3) is 17.7 Å². The second-order valence-corrected chi connectivity index (χ2v) is 15.4. The van der Waals surface area contributed by atoms with Crippen LogP contribution >= 0.6 is 19.0 Å². The summed E-state index contributed by atoms with van der Waals surface area (Å²) in [5.74, 6) is -0.0668. The number of nitrogens with zero attached hydrogens (tertiary/aromatic N) is 6. The molecule has 0 saturated carbocycles. The molecule has 0 bridgehead atoms. The fourth-order valence-corrected chi connectivity index (χ4v) is 5.98. The first-order valence-electron chi connectivity index (χ1n) is 16.3. The van der Waals surface area contributed by atoms with Crippen molar-refractivity contribution in [3.05, 3.63) is 34.4 Å². The molecule has 2 aromatic rings. The highest BCUT2D eigenvalue weighted by molar-refractivity contribution is 7.57. The molecule has 2 aliphatic heterocycles. The Morgan fingerprint density at radius 2 is 1.77 bits per heavy atom. The smallest absolute Gasteiger partial charge is 0.320 e. The van der Waals surface area contributed by atoms with Crippen LogP contribution in [0.3, 0.4) is 0 Å². The molecule has 17 nitrogen and oxygen atoms in total. The van der Waals surface area contributed by atoms with Crippen molar-refractivity contribution in [2.75, 3.05) is 53.0 Å². The number of carboxylic acids is 1. The summed E-state index contributed by atoms with van der Waals surface area (Å²) >= 11 is 5.73. The molecule has 6 N–H and O–H groups in total. The molecular weight excluding hydrogens is 736 g/mol. The van der Waals surface area contributed by atoms with Crippen LogP contribution in [0.5, 0.6) is 5.75 Å². The molecule has 3 amide bonds. The molecule has 0 spiro atoms. The van der Waals surface area contributed by atoms with Gasteiger partial charge in [0, 0.05) is 36.6 Å². The van der Waals surface area contributed by atoms with Crippen molar-refractivity contribution in [2.24, 2.45) is 5.73 Å². The number of nitrogens with one attached hydrogen (secondary N) is 2. The van der Waals surface area contributed by atoms with Crippen LogP contribution < -0.4 is 30.9 Å². The molecule has 0 fully saturated rings. The van der Waals surface area contributed by atoms with Gasteiger partial charge in [-0.15, -0.1) is 6.42 Å². The number of nitriles is 1. The van der Waals surface area contributed by atoms with Gasteiger partial charge in [0.05, 0.1) is 24.0 Å². The zero-order valence-electron chi connectivity index (χ0n) is 29.5. The number of halogens is 2. The Morgan fingerprint density at radius 3 is 2.30 bits per heavy atom. The van der Waals surface area contributed by atoms with Crippen LogP contribution in [0.15, 0.2) is 23.3 Å². The van der Waals surface area contributed by atoms with Crippen molar-refractivity contribution in [2.45, 2.75) is 64.5 Å². The van der Waals surface area contributed by atoms with Crippen LogP contribution in [0.1, 0.15) is 52.9 Å². The second kappa shape index (κ2) is 18.1. The highest BCUT2D eigenvalue weighted by Crippen LogP contribution is 2.42. The molecule has 53 heavy (non-hydrogen) atoms. The summed E-state index contributed by atoms with van der Waals surface area (Å²) in [4.78, 5) is 70.3. The first kappa shape index (κ1) is 42.3. The van der Waals surface area contributed by atoms with Gasteiger partial charge in [-0.3, -0.25) is 28.6 Å². The number of nitrogens with two attached hydrogens (primary N) is 1. The van der Waals surface area contributed by atoms with E-state index >= 15 is 0 Å². The third kappa shape index (κ3) is 11.4. The van der Waals surface area contributed by atoms with Gasteiger partial charge >= 0.3 is 5.97 Å². The monoisotopic (exact) mass is 775 g/mol. The van der Waals surface area contributed by atoms with Crippen molar-refractivity contribution >= 4 is 65.9 Å². The van der Waals surface area contributed by atoms with Crippen LogP contribution in [0, 0.1) is 29.5 Å². The van der Waals surface area contributed by atoms with Crippen molar-refractivity contribution < 1.29 is 42.9 Å². The average molecular weight is 776 g/mol. The number of ether oxygens (including phenoxy) is 1. The lowest BCUT2D eigenvalue weighted by atomic mass is 9.93. The number of carboxylic acid groups (broad SMARTS) is 1. The molecule has 0 radical (unpaired) electrons. The SMILES string of the molecule is C#CCN1C(=O)COc2cc(F)c(N3C(=O)C4=C(CCCC4)C3=O)cc21.CCNc1nc(Cl)nc(NC(C)(C)C#N)n1.CP(=O)(O)CCC(N)C(=O)O. The number of carbonyl (C=O) groups is 4. The second-order valence-electron chi connectivity index (χ2n) is 12.5. The Bertz CT molecular complexity index is 1900. The zero-order chi connectivity index (χ0) is 39.7. The summed E-state index contributed by atoms with van der Waals surface area (Å²) < 4.78 is 30.6. The van der Waals surface area contributed by atoms with E-state index < -0.39 is 42.6 Å². The van der Waals surface area contributed by atoms with Crippen LogP contribution in [-0.2, 0) is 23.7 Å². The summed E-state index contributed by atoms with van der Waals surface area (Å²) in [6, 6.07) is 3.42. The van der Waals surface area contributed by atoms with Gasteiger partial charge in [0.2, 0.25) is 17.2 Å². The Balaban J connectivity index is 0.000000240. The van der Waals surface area contributed by atoms with Crippen LogP contribution in [0.25, 0.3) is 0 Å². The average Bonchev–Trinajstić information content (AvgIpc) is 3.33. The van der Waals surface area contributed by atoms with Gasteiger partial charge in [0.1, 0.15) is 17.3 Å². The Labute approximate surface area is 310 Å². The predicted octanol–water partition coefficient (Wildman–Crippen LogP) is 3.29. The lowest BCUT2D eigenvalue weighted by Gasteiger charge is -2.29. The maximum atomic E-state index is 14.7. The molecule has 2 unspecified atom stereocenters. The number of aliphatic carboxylic acids is 1. The van der Waals surface area contributed by atoms with Crippen LogP contribution in [0.2, 0.25) is 5.28 Å². The van der Waals surface area contributed by atoms with E-state index in [1.807, 2.05) is 6.92 Å². The maximum absolute atomic E-state index is 14.7. The molecule has 3 heterocycles. The number of imide groups is 1. The third-order valence-electron chi connectivity index (χ3n) is 7.67. The van der Waals surface area contributed by atoms with Gasteiger partial charge < -0.3 is 31.1 Å². The minimum Gasteiger partial charge on any atom is -0.481 e. The van der Waals surface area contributed by atoms with E-state index in [2.05, 4.69) is 37.6 Å². The Morgan fingerprint density at radius 1 is 1.17 bits per heavy atom. The minimum atomic E-state index is -3.10. The molecule has 20 heteroatoms. The van der Waals surface area contributed by atoms with Crippen molar-refractivity contribution in [1.82, 2.24) is 15.0 Å². The van der Waals surface area contributed by atoms with Gasteiger partial charge in [0.15, 0.2) is 19.8 Å². The zero-order valence-corrected chi connectivity index (χ0v) is 31.1. The topological polar surface area (TPSA) is 254 Å². The quantitative estimate of drug-likeness (QED) is 0.132. The van der Waals surface area contributed by atoms with Crippen molar-refractivity contribution in [3.8, 4) is 24.2 Å². The first-order valence-corrected chi connectivity index (χ1v) is 18.9. The van der Waals surface area contributed by atoms with E-state index in [-0.39, 0.29) is 60.0 Å². The van der Waals surface area contributed by atoms with E-state index in [0.717, 1.165) is 23.8 Å². The van der Waals surface area contributed by atoms with E-state index in [0.29, 0.717) is 36.5 Å². The van der Waals surface area contributed by atoms with Crippen LogP contribution in [0.4, 0.5) is 27.7 Å². The van der Waals surface area contributed by atoms with Gasteiger partial charge in [-0.1, -0.05) is 5.92 Å². The first-order chi connectivity index (χ1) is 24.8. The largest absolute Gasteiger partial charge is 0.481 e. The number of hydrogen-bond donors (Lipinski definition) is 5. The number of carbonyl (C=O) groups excluding carboxylic acids is 3. The lowest BCUT2D eigenvalue weighted by Crippen LogP contribution is -2.39. The fourth-order valence-electron chi connectivity index (χ4n) is 5.06. The number of terminal acetylenes is 1. The summed E-state index contributed by atoms with van der Waals surface area (Å²) in [6.07, 6.45) is 8.01. The highest BCUT2D eigenvalue weighted by atomic mass is 35.5. The molecule has 1 aromatic carbocycles. The number of hydrogen-bond acceptors (Lipinski definition) is 13. The van der Waals surface area contributed by atoms with Gasteiger partial charge in [-0.2, -0.15) is 20.2 Å². The number of rotatable bonds is 10. The summed E-state index contributed by atoms with van der Waals surface area (Å²) in [5, 5.41) is 23.0. The van der Waals surface area contributed by atoms with Crippen LogP contribution in [-0.4, -0.2) is 92.7 Å². The molecule has 5 rings (SSSR count). The van der Waals surface area contributed by atoms with Gasteiger partial charge in [-0.25, -0.2) is 9.29 Å². The maximum Gasteiger partial charge on any atom is 0.320 e. The Hall–Kier alpha value is -5.13. The molecule has 0 saturated heterocycles. The summed E-state index contributed by atoms with van der Waals surface area (Å²) in [7, 11) is -3.10. The van der Waals surface area contributed by atoms with Crippen molar-refractivity contribution in [1.29, 1.82) is 5.26 Å². The number of benzene rings is 1. The highest BCUT2D eigenvalue weighted by Gasteiger charge is 2.41. The standard InChI is InChI=1S/C19H15FN2O4.C9H13ClN6.C5H12NO4P/c1-2-7-21-15-9-14(13(20)8-16(15)26-10-17(21)23)22-18(24)11-5-3-4-6-12(11)19(22)25;1-4-12-7-13-6(10)14-8(15-7)16-9(2,3)5-11;1-11(9,10)3-2-4(6)5(7)8/h1,8-9H,3-7,10H2;4H2,1-3H3,(H2,12,13,14,15,16);4H,2-3,6H2,1H3,(H,7,8)(H,9,10). The molecule has 1 aromatic heterocycles. The number of aromatic nitrogens is 3. The molecule has 2 atom stereocenters. The third-order valence-corrected chi connectivity index (χ3v) is 8.93. The number of fused-ring (bicyclic) bond motifs is 1. The summed E-state index contributed by atoms with van der Waals surface area (Å²) in [6.45, 7) is 6.96. The summed E-state index contributed by atoms with van der Waals surface area (Å²) in [5.41, 5.74) is 5.33. The van der Waals surface area contributed by atoms with E-state index in [1.165, 1.54) is 17.6 Å². The van der Waals surface area contributed by atoms with Gasteiger partial charge in [-0.05, 0) is 70.5 Å². The fraction of sp³-hybridized carbons (Fsp3) is 0.455. The number of anilines is 4. The minimum absolute atomic E-state index is 0.0170. The number of amides is 3. The van der Waals surface area contributed by atoms with E-state index in [4.69, 9.17) is 43.8 Å². The molecule has 3 aliphatic rings.